The lowest BCUT2D eigenvalue weighted by atomic mass is 9.47. The second-order valence-electron chi connectivity index (χ2n) is 11.7. The molecule has 32 heavy (non-hydrogen) atoms. The molecule has 3 saturated carbocycles. The average Bonchev–Trinajstić information content (AvgIpc) is 3.38. The van der Waals surface area contributed by atoms with Crippen molar-refractivity contribution in [3.63, 3.8) is 0 Å². The Morgan fingerprint density at radius 3 is 2.69 bits per heavy atom. The highest BCUT2D eigenvalue weighted by atomic mass is 35.5. The van der Waals surface area contributed by atoms with Crippen LogP contribution in [0.3, 0.4) is 0 Å². The maximum atomic E-state index is 10.3. The molecule has 0 radical (unpaired) electrons. The molecule has 0 amide bonds. The van der Waals surface area contributed by atoms with Gasteiger partial charge in [-0.05, 0) is 92.1 Å². The number of aliphatic hydroxyl groups is 1. The Labute approximate surface area is 197 Å². The van der Waals surface area contributed by atoms with E-state index in [1.54, 1.807) is 5.57 Å². The molecule has 1 heterocycles. The summed E-state index contributed by atoms with van der Waals surface area (Å²) in [5.41, 5.74) is 3.14. The highest BCUT2D eigenvalue weighted by Gasteiger charge is 2.60. The predicted molar refractivity (Wildman–Crippen MR) is 129 cm³/mol. The second kappa shape index (κ2) is 7.60. The van der Waals surface area contributed by atoms with Crippen molar-refractivity contribution < 1.29 is 9.84 Å². The van der Waals surface area contributed by atoms with Crippen LogP contribution in [0.5, 0.6) is 0 Å². The number of halogens is 1. The number of benzene rings is 1. The predicted octanol–water partition coefficient (Wildman–Crippen LogP) is 6.43. The monoisotopic (exact) mass is 453 g/mol. The Balaban J connectivity index is 1.22. The molecule has 4 heteroatoms. The first-order chi connectivity index (χ1) is 15.4. The van der Waals surface area contributed by atoms with Gasteiger partial charge in [0.1, 0.15) is 6.10 Å². The van der Waals surface area contributed by atoms with E-state index in [0.717, 1.165) is 60.0 Å². The molecule has 1 aliphatic heterocycles. The van der Waals surface area contributed by atoms with Gasteiger partial charge in [0.15, 0.2) is 0 Å². The van der Waals surface area contributed by atoms with Gasteiger partial charge in [-0.15, -0.1) is 0 Å². The fourth-order valence-electron chi connectivity index (χ4n) is 8.68. The first-order valence-electron chi connectivity index (χ1n) is 12.7. The summed E-state index contributed by atoms with van der Waals surface area (Å²) in [5, 5.41) is 11.0. The summed E-state index contributed by atoms with van der Waals surface area (Å²) in [5.74, 6) is 3.66. The molecule has 0 aromatic heterocycles. The summed E-state index contributed by atoms with van der Waals surface area (Å²) in [6.07, 6.45) is 12.1. The van der Waals surface area contributed by atoms with Crippen LogP contribution in [0.25, 0.3) is 0 Å². The van der Waals surface area contributed by atoms with Crippen LogP contribution in [0.1, 0.15) is 70.8 Å². The minimum Gasteiger partial charge on any atom is -0.472 e. The van der Waals surface area contributed by atoms with Gasteiger partial charge in [-0.1, -0.05) is 49.2 Å². The fourth-order valence-corrected chi connectivity index (χ4v) is 8.89. The highest BCUT2D eigenvalue weighted by molar-refractivity contribution is 6.33. The summed E-state index contributed by atoms with van der Waals surface area (Å²) < 4.78 is 6.51. The number of aliphatic imine (C=N–C) groups is 1. The van der Waals surface area contributed by atoms with Crippen LogP contribution in [0.4, 0.5) is 0 Å². The van der Waals surface area contributed by atoms with E-state index in [4.69, 9.17) is 21.3 Å². The molecule has 6 rings (SSSR count). The highest BCUT2D eigenvalue weighted by Crippen LogP contribution is 2.67. The van der Waals surface area contributed by atoms with E-state index >= 15 is 0 Å². The van der Waals surface area contributed by atoms with E-state index in [9.17, 15) is 5.11 Å². The number of hydrogen-bond donors (Lipinski definition) is 1. The van der Waals surface area contributed by atoms with E-state index in [1.165, 1.54) is 32.1 Å². The van der Waals surface area contributed by atoms with E-state index in [2.05, 4.69) is 19.9 Å². The molecular weight excluding hydrogens is 418 g/mol. The van der Waals surface area contributed by atoms with Crippen molar-refractivity contribution in [1.82, 2.24) is 0 Å². The largest absolute Gasteiger partial charge is 0.472 e. The average molecular weight is 454 g/mol. The van der Waals surface area contributed by atoms with Crippen molar-refractivity contribution in [2.75, 3.05) is 6.54 Å². The maximum Gasteiger partial charge on any atom is 0.218 e. The molecule has 0 bridgehead atoms. The van der Waals surface area contributed by atoms with Crippen LogP contribution >= 0.6 is 11.6 Å². The summed E-state index contributed by atoms with van der Waals surface area (Å²) in [4.78, 5) is 4.79. The molecule has 1 aromatic rings. The number of nitrogens with zero attached hydrogens (tertiary/aromatic N) is 1. The third-order valence-corrected chi connectivity index (χ3v) is 10.7. The smallest absolute Gasteiger partial charge is 0.218 e. The number of ether oxygens (including phenoxy) is 1. The topological polar surface area (TPSA) is 41.8 Å². The van der Waals surface area contributed by atoms with Gasteiger partial charge in [-0.25, -0.2) is 4.99 Å². The lowest BCUT2D eigenvalue weighted by Crippen LogP contribution is -2.51. The summed E-state index contributed by atoms with van der Waals surface area (Å²) in [6.45, 7) is 5.84. The second-order valence-corrected chi connectivity index (χ2v) is 12.1. The minimum absolute atomic E-state index is 0.123. The Morgan fingerprint density at radius 1 is 1.03 bits per heavy atom. The van der Waals surface area contributed by atoms with Crippen molar-refractivity contribution >= 4 is 17.5 Å². The fraction of sp³-hybridized carbons (Fsp3) is 0.679. The molecule has 1 aromatic carbocycles. The number of fused-ring (bicyclic) bond motifs is 5. The number of allylic oxidation sites excluding steroid dienone is 1. The van der Waals surface area contributed by atoms with Crippen LogP contribution in [0.15, 0.2) is 40.9 Å². The standard InChI is InChI=1S/C28H36ClNO2/c1-27-13-11-18(31)15-17(27)7-8-19-21-9-10-23(28(21,2)14-12-22(19)27)25-16-30-26(32-25)20-5-3-4-6-24(20)29/h3-7,18-19,21-23,25,31H,8-16H2,1-2H3/t18-,19-,21-,22-,23+,25-,27-,28-/m0/s1. The van der Waals surface area contributed by atoms with Crippen LogP contribution in [-0.4, -0.2) is 29.8 Å². The van der Waals surface area contributed by atoms with Crippen LogP contribution in [0, 0.1) is 34.5 Å². The lowest BCUT2D eigenvalue weighted by Gasteiger charge is -2.58. The maximum absolute atomic E-state index is 10.3. The molecular formula is C28H36ClNO2. The van der Waals surface area contributed by atoms with Gasteiger partial charge in [0.05, 0.1) is 23.2 Å². The van der Waals surface area contributed by atoms with Crippen molar-refractivity contribution in [1.29, 1.82) is 0 Å². The third kappa shape index (κ3) is 3.06. The van der Waals surface area contributed by atoms with Crippen molar-refractivity contribution in [3.8, 4) is 0 Å². The van der Waals surface area contributed by atoms with Crippen LogP contribution < -0.4 is 0 Å². The zero-order valence-electron chi connectivity index (χ0n) is 19.4. The SMILES string of the molecule is C[C@]12CC[C@H]3[C@@H](CC=C4C[C@@H](O)CC[C@@]43C)[C@@H]1CC[C@@H]2[C@@H]1CN=C(c2ccccc2Cl)O1. The van der Waals surface area contributed by atoms with E-state index in [-0.39, 0.29) is 12.2 Å². The third-order valence-electron chi connectivity index (χ3n) is 10.4. The first-order valence-corrected chi connectivity index (χ1v) is 13.1. The van der Waals surface area contributed by atoms with Gasteiger partial charge in [0, 0.05) is 5.92 Å². The van der Waals surface area contributed by atoms with E-state index in [1.807, 2.05) is 24.3 Å². The van der Waals surface area contributed by atoms with Crippen molar-refractivity contribution in [2.45, 2.75) is 77.4 Å². The van der Waals surface area contributed by atoms with Gasteiger partial charge in [0.2, 0.25) is 5.90 Å². The molecule has 1 N–H and O–H groups in total. The molecule has 3 nitrogen and oxygen atoms in total. The zero-order chi connectivity index (χ0) is 22.1. The molecule has 0 saturated heterocycles. The van der Waals surface area contributed by atoms with E-state index < -0.39 is 0 Å². The molecule has 5 aliphatic rings. The van der Waals surface area contributed by atoms with Crippen molar-refractivity contribution in [3.05, 3.63) is 46.5 Å². The summed E-state index contributed by atoms with van der Waals surface area (Å²) in [7, 11) is 0. The quantitative estimate of drug-likeness (QED) is 0.524. The molecule has 3 fully saturated rings. The summed E-state index contributed by atoms with van der Waals surface area (Å²) >= 11 is 6.42. The number of aliphatic hydroxyl groups excluding tert-OH is 1. The summed E-state index contributed by atoms with van der Waals surface area (Å²) in [6, 6.07) is 7.89. The Hall–Kier alpha value is -1.32. The molecule has 0 unspecified atom stereocenters. The first kappa shape index (κ1) is 21.2. The minimum atomic E-state index is -0.123. The number of hydrogen-bond acceptors (Lipinski definition) is 3. The van der Waals surface area contributed by atoms with Crippen molar-refractivity contribution in [2.24, 2.45) is 39.5 Å². The normalized spacial score (nSPS) is 45.2. The van der Waals surface area contributed by atoms with E-state index in [0.29, 0.717) is 16.7 Å². The Bertz CT molecular complexity index is 972. The number of rotatable bonds is 2. The zero-order valence-corrected chi connectivity index (χ0v) is 20.2. The Morgan fingerprint density at radius 2 is 1.84 bits per heavy atom. The molecule has 8 atom stereocenters. The van der Waals surface area contributed by atoms with Crippen LogP contribution in [0.2, 0.25) is 5.02 Å². The Kier molecular flexibility index (Phi) is 5.04. The van der Waals surface area contributed by atoms with Crippen LogP contribution in [-0.2, 0) is 4.74 Å². The van der Waals surface area contributed by atoms with Gasteiger partial charge >= 0.3 is 0 Å². The van der Waals surface area contributed by atoms with Gasteiger partial charge in [-0.2, -0.15) is 0 Å². The molecule has 0 spiro atoms. The van der Waals surface area contributed by atoms with Gasteiger partial charge in [-0.3, -0.25) is 0 Å². The lowest BCUT2D eigenvalue weighted by molar-refractivity contribution is -0.0646. The molecule has 4 aliphatic carbocycles. The molecule has 172 valence electrons. The van der Waals surface area contributed by atoms with Gasteiger partial charge in [0.25, 0.3) is 0 Å². The van der Waals surface area contributed by atoms with Gasteiger partial charge < -0.3 is 9.84 Å².